The van der Waals surface area contributed by atoms with Crippen LogP contribution in [0.1, 0.15) is 91.9 Å². The molecule has 0 radical (unpaired) electrons. The van der Waals surface area contributed by atoms with Crippen LogP contribution >= 0.6 is 0 Å². The summed E-state index contributed by atoms with van der Waals surface area (Å²) < 4.78 is 0. The van der Waals surface area contributed by atoms with Crippen molar-refractivity contribution in [2.24, 2.45) is 11.3 Å². The summed E-state index contributed by atoms with van der Waals surface area (Å²) in [6, 6.07) is 0. The Morgan fingerprint density at radius 1 is 1.13 bits per heavy atom. The lowest BCUT2D eigenvalue weighted by molar-refractivity contribution is -0.140. The SMILES string of the molecule is CC(C)=CCC[C@H](C)CC[C@@H](O)/C=C/C=C/[C@]1(C)CCCC/C1=C\CC(=O)CC(=O)O. The Morgan fingerprint density at radius 3 is 2.55 bits per heavy atom. The third-order valence-electron chi connectivity index (χ3n) is 6.13. The van der Waals surface area contributed by atoms with E-state index in [0.717, 1.165) is 51.4 Å². The minimum atomic E-state index is -1.07. The number of rotatable bonds is 13. The Bertz CT molecular complexity index is 694. The smallest absolute Gasteiger partial charge is 0.310 e. The van der Waals surface area contributed by atoms with Gasteiger partial charge >= 0.3 is 5.97 Å². The van der Waals surface area contributed by atoms with Gasteiger partial charge in [-0.1, -0.05) is 67.9 Å². The molecule has 3 atom stereocenters. The summed E-state index contributed by atoms with van der Waals surface area (Å²) in [5.74, 6) is -0.720. The third kappa shape index (κ3) is 11.9. The van der Waals surface area contributed by atoms with Crippen molar-refractivity contribution in [2.75, 3.05) is 0 Å². The van der Waals surface area contributed by atoms with Crippen LogP contribution in [-0.2, 0) is 9.59 Å². The van der Waals surface area contributed by atoms with Gasteiger partial charge in [0.2, 0.25) is 0 Å². The number of carboxylic acid groups (broad SMARTS) is 1. The number of ketones is 1. The van der Waals surface area contributed by atoms with Crippen molar-refractivity contribution in [3.8, 4) is 0 Å². The Morgan fingerprint density at radius 2 is 1.87 bits per heavy atom. The highest BCUT2D eigenvalue weighted by Crippen LogP contribution is 2.42. The summed E-state index contributed by atoms with van der Waals surface area (Å²) in [6.07, 6.45) is 19.7. The number of hydrogen-bond acceptors (Lipinski definition) is 3. The Hall–Kier alpha value is -1.94. The number of aliphatic carboxylic acids is 1. The molecule has 0 unspecified atom stereocenters. The summed E-state index contributed by atoms with van der Waals surface area (Å²) in [4.78, 5) is 22.4. The lowest BCUT2D eigenvalue weighted by atomic mass is 9.71. The van der Waals surface area contributed by atoms with E-state index in [1.165, 1.54) is 11.1 Å². The van der Waals surface area contributed by atoms with Crippen molar-refractivity contribution in [1.82, 2.24) is 0 Å². The molecule has 0 aromatic heterocycles. The molecule has 4 nitrogen and oxygen atoms in total. The Labute approximate surface area is 188 Å². The number of allylic oxidation sites excluding steroid dienone is 7. The first-order chi connectivity index (χ1) is 14.6. The number of hydrogen-bond donors (Lipinski definition) is 2. The summed E-state index contributed by atoms with van der Waals surface area (Å²) in [6.45, 7) is 8.67. The summed E-state index contributed by atoms with van der Waals surface area (Å²) >= 11 is 0. The number of aliphatic hydroxyl groups excluding tert-OH is 1. The zero-order chi connectivity index (χ0) is 23.3. The van der Waals surface area contributed by atoms with E-state index in [1.807, 2.05) is 24.3 Å². The van der Waals surface area contributed by atoms with Gasteiger partial charge in [-0.3, -0.25) is 9.59 Å². The maximum Gasteiger partial charge on any atom is 0.310 e. The van der Waals surface area contributed by atoms with Gasteiger partial charge in [-0.2, -0.15) is 0 Å². The van der Waals surface area contributed by atoms with Crippen LogP contribution in [0.2, 0.25) is 0 Å². The predicted molar refractivity (Wildman–Crippen MR) is 128 cm³/mol. The minimum absolute atomic E-state index is 0.115. The highest BCUT2D eigenvalue weighted by atomic mass is 16.4. The van der Waals surface area contributed by atoms with Crippen LogP contribution in [0.15, 0.2) is 47.6 Å². The molecule has 0 spiro atoms. The number of carbonyl (C=O) groups excluding carboxylic acids is 1. The topological polar surface area (TPSA) is 74.6 Å². The minimum Gasteiger partial charge on any atom is -0.481 e. The van der Waals surface area contributed by atoms with Gasteiger partial charge in [0.15, 0.2) is 0 Å². The van der Waals surface area contributed by atoms with E-state index in [-0.39, 0.29) is 17.6 Å². The molecule has 0 aromatic rings. The van der Waals surface area contributed by atoms with Gasteiger partial charge in [-0.25, -0.2) is 0 Å². The Kier molecular flexibility index (Phi) is 12.4. The second-order valence-corrected chi connectivity index (χ2v) is 9.52. The molecule has 4 heteroatoms. The van der Waals surface area contributed by atoms with E-state index >= 15 is 0 Å². The van der Waals surface area contributed by atoms with Crippen LogP contribution < -0.4 is 0 Å². The van der Waals surface area contributed by atoms with E-state index in [1.54, 1.807) is 0 Å². The van der Waals surface area contributed by atoms with Crippen molar-refractivity contribution in [1.29, 1.82) is 0 Å². The molecule has 1 aliphatic rings. The second kappa shape index (κ2) is 14.2. The third-order valence-corrected chi connectivity index (χ3v) is 6.13. The molecule has 0 bridgehead atoms. The number of carbonyl (C=O) groups is 2. The maximum atomic E-state index is 11.8. The monoisotopic (exact) mass is 430 g/mol. The average molecular weight is 431 g/mol. The molecular formula is C27H42O4. The summed E-state index contributed by atoms with van der Waals surface area (Å²) in [7, 11) is 0. The molecule has 1 rings (SSSR count). The van der Waals surface area contributed by atoms with E-state index in [0.29, 0.717) is 5.92 Å². The van der Waals surface area contributed by atoms with Gasteiger partial charge in [-0.15, -0.1) is 0 Å². The molecule has 0 heterocycles. The largest absolute Gasteiger partial charge is 0.481 e. The number of carboxylic acids is 1. The van der Waals surface area contributed by atoms with Crippen molar-refractivity contribution < 1.29 is 19.8 Å². The fourth-order valence-corrected chi connectivity index (χ4v) is 4.07. The first kappa shape index (κ1) is 27.1. The van der Waals surface area contributed by atoms with Gasteiger partial charge < -0.3 is 10.2 Å². The van der Waals surface area contributed by atoms with Gasteiger partial charge in [0.05, 0.1) is 6.10 Å². The van der Waals surface area contributed by atoms with Crippen molar-refractivity contribution in [3.05, 3.63) is 47.6 Å². The fourth-order valence-electron chi connectivity index (χ4n) is 4.07. The van der Waals surface area contributed by atoms with Gasteiger partial charge in [-0.05, 0) is 64.7 Å². The number of Topliss-reactive ketones (excluding diaryl/α,β-unsaturated/α-hetero) is 1. The maximum absolute atomic E-state index is 11.8. The zero-order valence-corrected chi connectivity index (χ0v) is 19.9. The second-order valence-electron chi connectivity index (χ2n) is 9.52. The quantitative estimate of drug-likeness (QED) is 0.197. The van der Waals surface area contributed by atoms with Crippen LogP contribution in [0.25, 0.3) is 0 Å². The molecule has 174 valence electrons. The predicted octanol–water partition coefficient (Wildman–Crippen LogP) is 6.56. The van der Waals surface area contributed by atoms with Crippen LogP contribution in [0.3, 0.4) is 0 Å². The van der Waals surface area contributed by atoms with E-state index < -0.39 is 18.5 Å². The first-order valence-electron chi connectivity index (χ1n) is 11.7. The van der Waals surface area contributed by atoms with E-state index in [4.69, 9.17) is 5.11 Å². The lowest BCUT2D eigenvalue weighted by Crippen LogP contribution is -2.21. The molecule has 0 saturated heterocycles. The fraction of sp³-hybridized carbons (Fsp3) is 0.630. The van der Waals surface area contributed by atoms with Crippen molar-refractivity contribution in [2.45, 2.75) is 98.0 Å². The Balaban J connectivity index is 2.54. The number of aliphatic hydroxyl groups is 1. The highest BCUT2D eigenvalue weighted by Gasteiger charge is 2.28. The normalized spacial score (nSPS) is 22.7. The summed E-state index contributed by atoms with van der Waals surface area (Å²) in [5, 5.41) is 19.0. The van der Waals surface area contributed by atoms with Crippen molar-refractivity contribution in [3.63, 3.8) is 0 Å². The first-order valence-corrected chi connectivity index (χ1v) is 11.7. The van der Waals surface area contributed by atoms with E-state index in [9.17, 15) is 14.7 Å². The standard InChI is InChI=1S/C27H42O4/c1-21(2)10-9-11-22(3)14-16-24(28)13-6-8-19-27(4)18-7-5-12-23(27)15-17-25(29)20-26(30)31/h6,8,10,13,15,19,22,24,28H,5,7,9,11-12,14,16-18,20H2,1-4H3,(H,30,31)/b13-6+,19-8+,23-15+/t22-,24-,27-/m0/s1. The molecule has 0 amide bonds. The molecule has 1 fully saturated rings. The molecule has 1 aliphatic carbocycles. The molecular weight excluding hydrogens is 388 g/mol. The van der Waals surface area contributed by atoms with Gasteiger partial charge in [0, 0.05) is 11.8 Å². The molecule has 2 N–H and O–H groups in total. The van der Waals surface area contributed by atoms with Crippen LogP contribution in [0, 0.1) is 11.3 Å². The van der Waals surface area contributed by atoms with Crippen LogP contribution in [-0.4, -0.2) is 28.1 Å². The highest BCUT2D eigenvalue weighted by molar-refractivity contribution is 5.95. The van der Waals surface area contributed by atoms with E-state index in [2.05, 4.69) is 39.8 Å². The van der Waals surface area contributed by atoms with Crippen LogP contribution in [0.5, 0.6) is 0 Å². The molecule has 0 aliphatic heterocycles. The molecule has 31 heavy (non-hydrogen) atoms. The molecule has 1 saturated carbocycles. The lowest BCUT2D eigenvalue weighted by Gasteiger charge is -2.34. The molecule has 0 aromatic carbocycles. The van der Waals surface area contributed by atoms with Crippen LogP contribution in [0.4, 0.5) is 0 Å². The van der Waals surface area contributed by atoms with Gasteiger partial charge in [0.25, 0.3) is 0 Å². The van der Waals surface area contributed by atoms with Gasteiger partial charge in [0.1, 0.15) is 12.2 Å². The summed E-state index contributed by atoms with van der Waals surface area (Å²) in [5.41, 5.74) is 2.46. The average Bonchev–Trinajstić information content (AvgIpc) is 2.68. The van der Waals surface area contributed by atoms with Crippen molar-refractivity contribution >= 4 is 11.8 Å². The zero-order valence-electron chi connectivity index (χ0n) is 19.9.